The number of methoxy groups -OCH3 is 1. The molecule has 0 radical (unpaired) electrons. The van der Waals surface area contributed by atoms with E-state index in [-0.39, 0.29) is 11.8 Å². The van der Waals surface area contributed by atoms with Crippen LogP contribution >= 0.6 is 11.3 Å². The zero-order valence-corrected chi connectivity index (χ0v) is 17.4. The van der Waals surface area contributed by atoms with Crippen LogP contribution < -0.4 is 5.32 Å². The number of hydrogen-bond donors (Lipinski definition) is 1. The van der Waals surface area contributed by atoms with Crippen molar-refractivity contribution in [1.29, 1.82) is 0 Å². The molecule has 0 aliphatic carbocycles. The van der Waals surface area contributed by atoms with Crippen molar-refractivity contribution in [2.45, 2.75) is 39.8 Å². The number of rotatable bonds is 7. The second-order valence-corrected chi connectivity index (χ2v) is 7.95. The first-order valence-corrected chi connectivity index (χ1v) is 10.2. The number of nitrogens with one attached hydrogen (secondary N) is 1. The Hall–Kier alpha value is -2.67. The van der Waals surface area contributed by atoms with E-state index in [9.17, 15) is 9.59 Å². The quantitative estimate of drug-likeness (QED) is 0.614. The number of aryl methyl sites for hydroxylation is 1. The Balaban J connectivity index is 1.86. The van der Waals surface area contributed by atoms with Crippen molar-refractivity contribution in [3.63, 3.8) is 0 Å². The van der Waals surface area contributed by atoms with Crippen molar-refractivity contribution in [1.82, 2.24) is 15.1 Å². The molecule has 28 heavy (non-hydrogen) atoms. The lowest BCUT2D eigenvalue weighted by molar-refractivity contribution is -0.144. The highest BCUT2D eigenvalue weighted by Crippen LogP contribution is 2.29. The van der Waals surface area contributed by atoms with Crippen LogP contribution in [0.15, 0.2) is 36.4 Å². The van der Waals surface area contributed by atoms with Gasteiger partial charge < -0.3 is 10.1 Å². The molecule has 3 rings (SSSR count). The number of benzene rings is 1. The van der Waals surface area contributed by atoms with Gasteiger partial charge in [0.15, 0.2) is 0 Å². The number of amides is 1. The molecule has 7 heteroatoms. The molecular formula is C21H25N3O3S. The van der Waals surface area contributed by atoms with Crippen LogP contribution in [0.3, 0.4) is 0 Å². The Kier molecular flexibility index (Phi) is 6.14. The van der Waals surface area contributed by atoms with Gasteiger partial charge in [0.2, 0.25) is 0 Å². The smallest absolute Gasteiger partial charge is 0.328 e. The molecule has 0 aliphatic rings. The van der Waals surface area contributed by atoms with Gasteiger partial charge in [0.1, 0.15) is 10.9 Å². The van der Waals surface area contributed by atoms with Crippen LogP contribution in [0, 0.1) is 12.8 Å². The minimum absolute atomic E-state index is 0.0129. The average molecular weight is 400 g/mol. The van der Waals surface area contributed by atoms with E-state index in [0.29, 0.717) is 11.4 Å². The van der Waals surface area contributed by atoms with Gasteiger partial charge in [0.25, 0.3) is 5.91 Å². The van der Waals surface area contributed by atoms with Gasteiger partial charge in [-0.05, 0) is 24.5 Å². The summed E-state index contributed by atoms with van der Waals surface area (Å²) >= 11 is 1.39. The van der Waals surface area contributed by atoms with Crippen molar-refractivity contribution >= 4 is 33.4 Å². The molecule has 2 aromatic heterocycles. The van der Waals surface area contributed by atoms with Crippen LogP contribution in [0.1, 0.15) is 41.2 Å². The maximum atomic E-state index is 12.8. The minimum atomic E-state index is -0.658. The number of aromatic nitrogens is 2. The lowest BCUT2D eigenvalue weighted by atomic mass is 9.99. The minimum Gasteiger partial charge on any atom is -0.467 e. The second-order valence-electron chi connectivity index (χ2n) is 6.92. The molecule has 1 amide bonds. The van der Waals surface area contributed by atoms with E-state index in [1.54, 1.807) is 0 Å². The van der Waals surface area contributed by atoms with E-state index in [1.165, 1.54) is 18.4 Å². The molecule has 3 aromatic rings. The van der Waals surface area contributed by atoms with E-state index in [4.69, 9.17) is 4.74 Å². The monoisotopic (exact) mass is 399 g/mol. The van der Waals surface area contributed by atoms with Gasteiger partial charge in [-0.1, -0.05) is 50.6 Å². The first-order valence-electron chi connectivity index (χ1n) is 9.34. The molecular weight excluding hydrogens is 374 g/mol. The average Bonchev–Trinajstić information content (AvgIpc) is 3.27. The van der Waals surface area contributed by atoms with Crippen LogP contribution in [-0.4, -0.2) is 34.8 Å². The summed E-state index contributed by atoms with van der Waals surface area (Å²) in [5.74, 6) is -0.695. The highest BCUT2D eigenvalue weighted by Gasteiger charge is 2.28. The van der Waals surface area contributed by atoms with Crippen LogP contribution in [0.25, 0.3) is 10.2 Å². The van der Waals surface area contributed by atoms with Crippen molar-refractivity contribution in [3.8, 4) is 0 Å². The number of hydrogen-bond acceptors (Lipinski definition) is 5. The number of carbonyl (C=O) groups excluding carboxylic acids is 2. The van der Waals surface area contributed by atoms with Gasteiger partial charge in [0, 0.05) is 5.39 Å². The van der Waals surface area contributed by atoms with E-state index < -0.39 is 12.0 Å². The third-order valence-electron chi connectivity index (χ3n) is 4.96. The second kappa shape index (κ2) is 8.56. The maximum absolute atomic E-state index is 12.8. The fourth-order valence-electron chi connectivity index (χ4n) is 3.10. The van der Waals surface area contributed by atoms with Crippen molar-refractivity contribution in [2.24, 2.45) is 5.92 Å². The first kappa shape index (κ1) is 20.1. The highest BCUT2D eigenvalue weighted by molar-refractivity contribution is 7.20. The molecule has 148 valence electrons. The number of ether oxygens (including phenoxy) is 1. The van der Waals surface area contributed by atoms with E-state index in [0.717, 1.165) is 27.9 Å². The van der Waals surface area contributed by atoms with Crippen LogP contribution in [0.4, 0.5) is 0 Å². The number of fused-ring (bicyclic) bond motifs is 1. The molecule has 1 aromatic carbocycles. The van der Waals surface area contributed by atoms with Gasteiger partial charge in [-0.15, -0.1) is 11.3 Å². The summed E-state index contributed by atoms with van der Waals surface area (Å²) in [5.41, 5.74) is 2.03. The Labute approximate surface area is 168 Å². The highest BCUT2D eigenvalue weighted by atomic mass is 32.1. The summed E-state index contributed by atoms with van der Waals surface area (Å²) in [6.45, 7) is 6.49. The summed E-state index contributed by atoms with van der Waals surface area (Å²) in [5, 5.41) is 8.41. The van der Waals surface area contributed by atoms with Crippen molar-refractivity contribution in [3.05, 3.63) is 52.5 Å². The molecule has 1 N–H and O–H groups in total. The summed E-state index contributed by atoms with van der Waals surface area (Å²) in [6.07, 6.45) is 0.762. The molecule has 6 nitrogen and oxygen atoms in total. The third kappa shape index (κ3) is 4.09. The fourth-order valence-corrected chi connectivity index (χ4v) is 4.16. The van der Waals surface area contributed by atoms with E-state index >= 15 is 0 Å². The van der Waals surface area contributed by atoms with Crippen LogP contribution in [0.5, 0.6) is 0 Å². The molecule has 2 heterocycles. The topological polar surface area (TPSA) is 73.2 Å². The molecule has 0 spiro atoms. The Morgan fingerprint density at radius 1 is 1.29 bits per heavy atom. The van der Waals surface area contributed by atoms with Gasteiger partial charge >= 0.3 is 5.97 Å². The molecule has 2 atom stereocenters. The lowest BCUT2D eigenvalue weighted by Crippen LogP contribution is -2.45. The number of carbonyl (C=O) groups is 2. The van der Waals surface area contributed by atoms with Crippen LogP contribution in [-0.2, 0) is 16.1 Å². The van der Waals surface area contributed by atoms with Crippen molar-refractivity contribution < 1.29 is 14.3 Å². The van der Waals surface area contributed by atoms with Crippen molar-refractivity contribution in [2.75, 3.05) is 7.11 Å². The molecule has 0 fully saturated rings. The summed E-state index contributed by atoms with van der Waals surface area (Å²) < 4.78 is 6.78. The standard InChI is InChI=1S/C21H25N3O3S/c1-5-13(2)18(21(26)27-4)22-19(25)17-11-16-14(3)23-24(20(16)28-17)12-15-9-7-6-8-10-15/h6-11,13,18H,5,12H2,1-4H3,(H,22,25). The Bertz CT molecular complexity index is 978. The predicted molar refractivity (Wildman–Crippen MR) is 111 cm³/mol. The van der Waals surface area contributed by atoms with Gasteiger partial charge in [-0.25, -0.2) is 4.79 Å². The SMILES string of the molecule is CCC(C)C(NC(=O)c1cc2c(C)nn(Cc3ccccc3)c2s1)C(=O)OC. The molecule has 2 unspecified atom stereocenters. The molecule has 0 aliphatic heterocycles. The van der Waals surface area contributed by atoms with Crippen LogP contribution in [0.2, 0.25) is 0 Å². The number of nitrogens with zero attached hydrogens (tertiary/aromatic N) is 2. The van der Waals surface area contributed by atoms with E-state index in [2.05, 4.69) is 22.5 Å². The largest absolute Gasteiger partial charge is 0.467 e. The Morgan fingerprint density at radius 2 is 2.00 bits per heavy atom. The number of thiophene rings is 1. The zero-order chi connectivity index (χ0) is 20.3. The molecule has 0 saturated heterocycles. The fraction of sp³-hybridized carbons (Fsp3) is 0.381. The maximum Gasteiger partial charge on any atom is 0.328 e. The Morgan fingerprint density at radius 3 is 2.64 bits per heavy atom. The normalized spacial score (nSPS) is 13.3. The van der Waals surface area contributed by atoms with Gasteiger partial charge in [-0.2, -0.15) is 5.10 Å². The number of esters is 1. The third-order valence-corrected chi connectivity index (χ3v) is 6.11. The molecule has 0 bridgehead atoms. The first-order chi connectivity index (χ1) is 13.4. The van der Waals surface area contributed by atoms with Gasteiger partial charge in [0.05, 0.1) is 24.2 Å². The lowest BCUT2D eigenvalue weighted by Gasteiger charge is -2.21. The molecule has 0 saturated carbocycles. The van der Waals surface area contributed by atoms with E-state index in [1.807, 2.05) is 49.7 Å². The summed E-state index contributed by atoms with van der Waals surface area (Å²) in [4.78, 5) is 26.4. The summed E-state index contributed by atoms with van der Waals surface area (Å²) in [7, 11) is 1.34. The zero-order valence-electron chi connectivity index (χ0n) is 16.6. The van der Waals surface area contributed by atoms with Gasteiger partial charge in [-0.3, -0.25) is 9.48 Å². The summed E-state index contributed by atoms with van der Waals surface area (Å²) in [6, 6.07) is 11.3. The predicted octanol–water partition coefficient (Wildman–Crippen LogP) is 3.77.